The van der Waals surface area contributed by atoms with Crippen LogP contribution in [0.2, 0.25) is 0 Å². The molecule has 0 aliphatic carbocycles. The molecule has 1 aromatic rings. The minimum absolute atomic E-state index is 0.104. The number of hydrogen-bond acceptors (Lipinski definition) is 4. The largest absolute Gasteiger partial charge is 0.383 e. The van der Waals surface area contributed by atoms with Crippen molar-refractivity contribution >= 4 is 5.82 Å². The molecule has 0 saturated carbocycles. The molecule has 1 unspecified atom stereocenters. The zero-order valence-corrected chi connectivity index (χ0v) is 8.75. The van der Waals surface area contributed by atoms with Crippen LogP contribution in [-0.4, -0.2) is 4.98 Å². The van der Waals surface area contributed by atoms with Crippen LogP contribution in [0.5, 0.6) is 0 Å². The van der Waals surface area contributed by atoms with Crippen LogP contribution in [0.15, 0.2) is 12.3 Å². The summed E-state index contributed by atoms with van der Waals surface area (Å²) in [7, 11) is 0. The van der Waals surface area contributed by atoms with Crippen molar-refractivity contribution in [3.8, 4) is 0 Å². The topological polar surface area (TPSA) is 77.0 Å². The van der Waals surface area contributed by atoms with Gasteiger partial charge >= 0.3 is 0 Å². The van der Waals surface area contributed by atoms with Crippen molar-refractivity contribution < 1.29 is 0 Å². The van der Waals surface area contributed by atoms with Crippen LogP contribution < -0.4 is 17.0 Å². The molecule has 78 valence electrons. The van der Waals surface area contributed by atoms with Gasteiger partial charge in [0.15, 0.2) is 0 Å². The van der Waals surface area contributed by atoms with Crippen molar-refractivity contribution in [3.63, 3.8) is 0 Å². The van der Waals surface area contributed by atoms with Gasteiger partial charge in [0.05, 0.1) is 0 Å². The van der Waals surface area contributed by atoms with Crippen molar-refractivity contribution in [2.45, 2.75) is 32.7 Å². The van der Waals surface area contributed by atoms with E-state index in [1.807, 2.05) is 13.0 Å². The highest BCUT2D eigenvalue weighted by molar-refractivity contribution is 5.42. The summed E-state index contributed by atoms with van der Waals surface area (Å²) in [5.74, 6) is 6.04. The van der Waals surface area contributed by atoms with E-state index in [1.54, 1.807) is 6.20 Å². The Labute approximate surface area is 84.7 Å². The summed E-state index contributed by atoms with van der Waals surface area (Å²) in [4.78, 5) is 4.11. The molecule has 0 saturated heterocycles. The molecule has 4 heteroatoms. The second kappa shape index (κ2) is 4.93. The summed E-state index contributed by atoms with van der Waals surface area (Å²) in [6.45, 7) is 4.11. The number of nitrogens with zero attached hydrogens (tertiary/aromatic N) is 1. The van der Waals surface area contributed by atoms with Gasteiger partial charge in [0.2, 0.25) is 0 Å². The highest BCUT2D eigenvalue weighted by atomic mass is 15.2. The first-order chi connectivity index (χ1) is 6.69. The predicted octanol–water partition coefficient (Wildman–Crippen LogP) is 1.28. The molecular formula is C10H18N4. The summed E-state index contributed by atoms with van der Waals surface area (Å²) in [6, 6.07) is 2.13. The zero-order chi connectivity index (χ0) is 10.6. The van der Waals surface area contributed by atoms with Crippen molar-refractivity contribution in [2.24, 2.45) is 5.84 Å². The molecule has 0 aliphatic rings. The van der Waals surface area contributed by atoms with Crippen LogP contribution in [0.4, 0.5) is 5.82 Å². The van der Waals surface area contributed by atoms with Crippen LogP contribution in [-0.2, 0) is 0 Å². The van der Waals surface area contributed by atoms with Crippen molar-refractivity contribution in [1.82, 2.24) is 10.4 Å². The Kier molecular flexibility index (Phi) is 3.85. The highest BCUT2D eigenvalue weighted by Crippen LogP contribution is 2.22. The molecule has 1 rings (SSSR count). The first-order valence-corrected chi connectivity index (χ1v) is 4.87. The van der Waals surface area contributed by atoms with Crippen molar-refractivity contribution in [3.05, 3.63) is 23.4 Å². The van der Waals surface area contributed by atoms with Crippen LogP contribution in [0.25, 0.3) is 0 Å². The van der Waals surface area contributed by atoms with Crippen LogP contribution in [0.3, 0.4) is 0 Å². The van der Waals surface area contributed by atoms with E-state index in [2.05, 4.69) is 17.3 Å². The van der Waals surface area contributed by atoms with E-state index in [9.17, 15) is 0 Å². The molecule has 1 atom stereocenters. The molecule has 0 aliphatic heterocycles. The van der Waals surface area contributed by atoms with Gasteiger partial charge in [-0.15, -0.1) is 0 Å². The Morgan fingerprint density at radius 3 is 2.86 bits per heavy atom. The lowest BCUT2D eigenvalue weighted by atomic mass is 10.0. The Hall–Kier alpha value is -1.13. The Morgan fingerprint density at radius 2 is 2.29 bits per heavy atom. The molecule has 4 nitrogen and oxygen atoms in total. The zero-order valence-electron chi connectivity index (χ0n) is 8.75. The molecule has 0 aromatic carbocycles. The third-order valence-corrected chi connectivity index (χ3v) is 2.24. The quantitative estimate of drug-likeness (QED) is 0.498. The Bertz CT molecular complexity index is 298. The van der Waals surface area contributed by atoms with E-state index in [1.165, 1.54) is 0 Å². The molecule has 0 spiro atoms. The Balaban J connectivity index is 2.96. The summed E-state index contributed by atoms with van der Waals surface area (Å²) >= 11 is 0. The number of nitrogens with two attached hydrogens (primary N) is 2. The summed E-state index contributed by atoms with van der Waals surface area (Å²) in [6.07, 6.45) is 3.78. The van der Waals surface area contributed by atoms with E-state index in [4.69, 9.17) is 11.6 Å². The highest BCUT2D eigenvalue weighted by Gasteiger charge is 2.12. The van der Waals surface area contributed by atoms with Crippen molar-refractivity contribution in [1.29, 1.82) is 0 Å². The SMILES string of the molecule is CCCC(NN)c1cc(C)cnc1N. The van der Waals surface area contributed by atoms with Crippen molar-refractivity contribution in [2.75, 3.05) is 5.73 Å². The molecule has 5 N–H and O–H groups in total. The smallest absolute Gasteiger partial charge is 0.128 e. The van der Waals surface area contributed by atoms with Gasteiger partial charge in [-0.1, -0.05) is 13.3 Å². The monoisotopic (exact) mass is 194 g/mol. The first-order valence-electron chi connectivity index (χ1n) is 4.87. The number of nitrogen functional groups attached to an aromatic ring is 1. The number of hydrazine groups is 1. The fourth-order valence-corrected chi connectivity index (χ4v) is 1.50. The van der Waals surface area contributed by atoms with Gasteiger partial charge in [-0.05, 0) is 25.0 Å². The third-order valence-electron chi connectivity index (χ3n) is 2.24. The Morgan fingerprint density at radius 1 is 1.57 bits per heavy atom. The standard InChI is InChI=1S/C10H18N4/c1-3-4-9(14-12)8-5-7(2)6-13-10(8)11/h5-6,9,14H,3-4,12H2,1-2H3,(H2,11,13). The van der Waals surface area contributed by atoms with Gasteiger partial charge in [0, 0.05) is 17.8 Å². The average molecular weight is 194 g/mol. The lowest BCUT2D eigenvalue weighted by molar-refractivity contribution is 0.510. The number of aryl methyl sites for hydroxylation is 1. The number of nitrogens with one attached hydrogen (secondary N) is 1. The maximum Gasteiger partial charge on any atom is 0.128 e. The fourth-order valence-electron chi connectivity index (χ4n) is 1.50. The summed E-state index contributed by atoms with van der Waals surface area (Å²) in [5, 5.41) is 0. The molecule has 1 aromatic heterocycles. The average Bonchev–Trinajstić information content (AvgIpc) is 2.18. The van der Waals surface area contributed by atoms with Crippen LogP contribution in [0.1, 0.15) is 36.9 Å². The third kappa shape index (κ3) is 2.43. The minimum atomic E-state index is 0.104. The molecule has 14 heavy (non-hydrogen) atoms. The van der Waals surface area contributed by atoms with Crippen LogP contribution >= 0.6 is 0 Å². The van der Waals surface area contributed by atoms with Gasteiger partial charge in [-0.3, -0.25) is 11.3 Å². The minimum Gasteiger partial charge on any atom is -0.383 e. The molecule has 0 radical (unpaired) electrons. The molecule has 1 heterocycles. The maximum absolute atomic E-state index is 5.79. The van der Waals surface area contributed by atoms with E-state index in [-0.39, 0.29) is 6.04 Å². The van der Waals surface area contributed by atoms with Gasteiger partial charge in [-0.2, -0.15) is 0 Å². The van der Waals surface area contributed by atoms with Gasteiger partial charge < -0.3 is 5.73 Å². The van der Waals surface area contributed by atoms with E-state index < -0.39 is 0 Å². The number of rotatable bonds is 4. The van der Waals surface area contributed by atoms with Gasteiger partial charge in [0.1, 0.15) is 5.82 Å². The van der Waals surface area contributed by atoms with E-state index in [0.29, 0.717) is 5.82 Å². The number of hydrogen-bond donors (Lipinski definition) is 3. The van der Waals surface area contributed by atoms with Gasteiger partial charge in [0.25, 0.3) is 0 Å². The lowest BCUT2D eigenvalue weighted by Gasteiger charge is -2.17. The number of anilines is 1. The second-order valence-electron chi connectivity index (χ2n) is 3.50. The first kappa shape index (κ1) is 10.9. The lowest BCUT2D eigenvalue weighted by Crippen LogP contribution is -2.28. The summed E-state index contributed by atoms with van der Waals surface area (Å²) in [5.41, 5.74) is 10.7. The predicted molar refractivity (Wildman–Crippen MR) is 58.4 cm³/mol. The molecule has 0 amide bonds. The summed E-state index contributed by atoms with van der Waals surface area (Å²) < 4.78 is 0. The molecule has 0 bridgehead atoms. The van der Waals surface area contributed by atoms with E-state index in [0.717, 1.165) is 24.0 Å². The number of aromatic nitrogens is 1. The fraction of sp³-hybridized carbons (Fsp3) is 0.500. The van der Waals surface area contributed by atoms with E-state index >= 15 is 0 Å². The van der Waals surface area contributed by atoms with Gasteiger partial charge in [-0.25, -0.2) is 4.98 Å². The second-order valence-corrected chi connectivity index (χ2v) is 3.50. The van der Waals surface area contributed by atoms with Crippen LogP contribution in [0, 0.1) is 6.92 Å². The maximum atomic E-state index is 5.79. The molecular weight excluding hydrogens is 176 g/mol. The number of pyridine rings is 1. The molecule has 0 fully saturated rings. The normalized spacial score (nSPS) is 12.8.